The first kappa shape index (κ1) is 34.8. The van der Waals surface area contributed by atoms with Crippen molar-refractivity contribution in [1.29, 1.82) is 0 Å². The Bertz CT molecular complexity index is 1010. The van der Waals surface area contributed by atoms with E-state index in [0.29, 0.717) is 79.3 Å². The van der Waals surface area contributed by atoms with Gasteiger partial charge in [0.1, 0.15) is 0 Å². The molecule has 9 nitrogen and oxygen atoms in total. The molecule has 0 fully saturated rings. The average Bonchev–Trinajstić information content (AvgIpc) is 3.04. The van der Waals surface area contributed by atoms with Gasteiger partial charge in [0, 0.05) is 0 Å². The van der Waals surface area contributed by atoms with Crippen LogP contribution in [0.15, 0.2) is 72.8 Å². The number of para-hydroxylation sites is 3. The molecule has 0 aromatic heterocycles. The molecule has 0 aliphatic carbocycles. The van der Waals surface area contributed by atoms with Crippen molar-refractivity contribution in [3.63, 3.8) is 0 Å². The summed E-state index contributed by atoms with van der Waals surface area (Å²) in [6, 6.07) is 24.6. The van der Waals surface area contributed by atoms with Gasteiger partial charge in [-0.2, -0.15) is 0 Å². The summed E-state index contributed by atoms with van der Waals surface area (Å²) in [4.78, 5) is 0. The van der Waals surface area contributed by atoms with Gasteiger partial charge in [-0.25, -0.2) is 0 Å². The molecule has 0 atom stereocenters. The van der Waals surface area contributed by atoms with E-state index in [2.05, 4.69) is 18.2 Å². The molecule has 0 N–H and O–H groups in total. The summed E-state index contributed by atoms with van der Waals surface area (Å²) >= 11 is -2.00. The monoisotopic (exact) mass is 665 g/mol. The summed E-state index contributed by atoms with van der Waals surface area (Å²) in [6.07, 6.45) is 0. The molecule has 0 radical (unpaired) electrons. The Kier molecular flexibility index (Phi) is 17.8. The molecule has 0 saturated carbocycles. The van der Waals surface area contributed by atoms with Crippen LogP contribution in [0.2, 0.25) is 0 Å². The number of rotatable bonds is 24. The Labute approximate surface area is 260 Å². The average molecular weight is 665 g/mol. The molecule has 0 bridgehead atoms. The zero-order valence-electron chi connectivity index (χ0n) is 25.5. The third-order valence-corrected chi connectivity index (χ3v) is 10.8. The quantitative estimate of drug-likeness (QED) is 0.106. The summed E-state index contributed by atoms with van der Waals surface area (Å²) < 4.78 is 54.4. The van der Waals surface area contributed by atoms with E-state index in [1.807, 2.05) is 54.6 Å². The zero-order chi connectivity index (χ0) is 30.4. The normalized spacial score (nSPS) is 11.2. The minimum atomic E-state index is -2.00. The Hall–Kier alpha value is -2.66. The molecule has 10 heteroatoms. The molecule has 0 saturated heterocycles. The predicted molar refractivity (Wildman–Crippen MR) is 169 cm³/mol. The van der Waals surface area contributed by atoms with Crippen molar-refractivity contribution in [2.45, 2.75) is 0 Å². The first-order chi connectivity index (χ1) is 21.3. The molecule has 0 amide bonds. The van der Waals surface area contributed by atoms with E-state index in [1.54, 1.807) is 21.3 Å². The van der Waals surface area contributed by atoms with Crippen LogP contribution in [0.25, 0.3) is 0 Å². The second kappa shape index (κ2) is 21.9. The second-order valence-corrected chi connectivity index (χ2v) is 13.1. The van der Waals surface area contributed by atoms with Gasteiger partial charge in [-0.1, -0.05) is 0 Å². The number of methoxy groups -OCH3 is 3. The van der Waals surface area contributed by atoms with Crippen molar-refractivity contribution in [3.8, 4) is 17.2 Å². The molecule has 0 aliphatic heterocycles. The zero-order valence-corrected chi connectivity index (χ0v) is 27.2. The van der Waals surface area contributed by atoms with Crippen LogP contribution < -0.4 is 27.6 Å². The number of benzene rings is 3. The van der Waals surface area contributed by atoms with Gasteiger partial charge in [0.15, 0.2) is 0 Å². The Morgan fingerprint density at radius 2 is 0.651 bits per heavy atom. The fourth-order valence-electron chi connectivity index (χ4n) is 3.93. The Morgan fingerprint density at radius 3 is 0.953 bits per heavy atom. The van der Waals surface area contributed by atoms with Crippen LogP contribution in [0.4, 0.5) is 0 Å². The number of hydrogen-bond donors (Lipinski definition) is 0. The molecule has 3 rings (SSSR count). The third kappa shape index (κ3) is 12.5. The summed E-state index contributed by atoms with van der Waals surface area (Å²) in [5, 5.41) is 0. The van der Waals surface area contributed by atoms with Gasteiger partial charge in [-0.05, 0) is 0 Å². The van der Waals surface area contributed by atoms with Crippen molar-refractivity contribution in [3.05, 3.63) is 72.8 Å². The van der Waals surface area contributed by atoms with Crippen LogP contribution in [-0.4, -0.2) is 115 Å². The first-order valence-corrected chi connectivity index (χ1v) is 17.0. The second-order valence-electron chi connectivity index (χ2n) is 9.01. The molecule has 0 heterocycles. The van der Waals surface area contributed by atoms with E-state index in [1.165, 1.54) is 0 Å². The minimum absolute atomic E-state index is 0.424. The summed E-state index contributed by atoms with van der Waals surface area (Å²) in [6.45, 7) is 5.89. The van der Waals surface area contributed by atoms with Crippen molar-refractivity contribution >= 4 is 27.3 Å². The van der Waals surface area contributed by atoms with Gasteiger partial charge >= 0.3 is 261 Å². The van der Waals surface area contributed by atoms with E-state index in [0.717, 1.165) is 30.6 Å². The van der Waals surface area contributed by atoms with Crippen molar-refractivity contribution in [1.82, 2.24) is 0 Å². The van der Waals surface area contributed by atoms with Crippen LogP contribution in [-0.2, 0) is 28.4 Å². The molecule has 0 unspecified atom stereocenters. The third-order valence-electron chi connectivity index (χ3n) is 5.96. The SMILES string of the molecule is COCCOCCOc1ccccc1[Se+](c1ccccc1OCCOCCOC)c1ccccc1OCCOCCOC. The molecule has 0 aliphatic rings. The van der Waals surface area contributed by atoms with Gasteiger partial charge in [-0.15, -0.1) is 0 Å². The number of ether oxygens (including phenoxy) is 9. The van der Waals surface area contributed by atoms with Crippen LogP contribution in [0.5, 0.6) is 17.2 Å². The van der Waals surface area contributed by atoms with Crippen LogP contribution >= 0.6 is 0 Å². The maximum absolute atomic E-state index is 6.31. The van der Waals surface area contributed by atoms with Gasteiger partial charge in [0.25, 0.3) is 0 Å². The Balaban J connectivity index is 1.90. The van der Waals surface area contributed by atoms with Crippen LogP contribution in [0, 0.1) is 0 Å². The van der Waals surface area contributed by atoms with E-state index < -0.39 is 13.9 Å². The molecular formula is C33H45O9Se+. The van der Waals surface area contributed by atoms with Gasteiger partial charge in [0.2, 0.25) is 0 Å². The summed E-state index contributed by atoms with van der Waals surface area (Å²) in [7, 11) is 4.98. The molecule has 0 spiro atoms. The van der Waals surface area contributed by atoms with E-state index in [9.17, 15) is 0 Å². The molecule has 236 valence electrons. The van der Waals surface area contributed by atoms with Crippen molar-refractivity contribution in [2.24, 2.45) is 0 Å². The van der Waals surface area contributed by atoms with E-state index >= 15 is 0 Å². The molecule has 43 heavy (non-hydrogen) atoms. The predicted octanol–water partition coefficient (Wildman–Crippen LogP) is 2.33. The van der Waals surface area contributed by atoms with Gasteiger partial charge in [0.05, 0.1) is 0 Å². The fourth-order valence-corrected chi connectivity index (χ4v) is 8.84. The Morgan fingerprint density at radius 1 is 0.372 bits per heavy atom. The molecule has 3 aromatic rings. The summed E-state index contributed by atoms with van der Waals surface area (Å²) in [5.74, 6) is 2.45. The van der Waals surface area contributed by atoms with Crippen molar-refractivity contribution < 1.29 is 42.6 Å². The van der Waals surface area contributed by atoms with Crippen LogP contribution in [0.3, 0.4) is 0 Å². The van der Waals surface area contributed by atoms with E-state index in [4.69, 9.17) is 42.6 Å². The first-order valence-electron chi connectivity index (χ1n) is 14.4. The van der Waals surface area contributed by atoms with Crippen molar-refractivity contribution in [2.75, 3.05) is 101 Å². The van der Waals surface area contributed by atoms with E-state index in [-0.39, 0.29) is 0 Å². The van der Waals surface area contributed by atoms with Gasteiger partial charge in [-0.3, -0.25) is 0 Å². The maximum atomic E-state index is 6.31. The fraction of sp³-hybridized carbons (Fsp3) is 0.455. The van der Waals surface area contributed by atoms with Crippen LogP contribution in [0.1, 0.15) is 0 Å². The molecule has 3 aromatic carbocycles. The molecular weight excluding hydrogens is 619 g/mol. The summed E-state index contributed by atoms with van der Waals surface area (Å²) in [5.41, 5.74) is 0. The van der Waals surface area contributed by atoms with Gasteiger partial charge < -0.3 is 0 Å². The number of hydrogen-bond acceptors (Lipinski definition) is 9. The standard InChI is InChI=1S/C33H45O9Se/c1-34-16-19-37-22-25-40-28-10-4-7-13-31(28)43(32-14-8-5-11-29(32)41-26-23-38-20-17-35-2)33-15-9-6-12-30(33)42-27-24-39-21-18-36-3/h4-15H,16-27H2,1-3H3/q+1. The topological polar surface area (TPSA) is 83.1 Å².